The van der Waals surface area contributed by atoms with E-state index in [0.29, 0.717) is 77.5 Å². The van der Waals surface area contributed by atoms with E-state index >= 15 is 0 Å². The number of amides is 4. The Morgan fingerprint density at radius 3 is 1.80 bits per heavy atom. The van der Waals surface area contributed by atoms with Crippen LogP contribution in [0.2, 0.25) is 0 Å². The van der Waals surface area contributed by atoms with E-state index < -0.39 is 23.5 Å². The maximum Gasteiger partial charge on any atom is 0.416 e. The fraction of sp³-hybridized carbons (Fsp3) is 0.296. The van der Waals surface area contributed by atoms with E-state index in [1.807, 2.05) is 43.1 Å². The summed E-state index contributed by atoms with van der Waals surface area (Å²) in [6.07, 6.45) is 2.03. The van der Waals surface area contributed by atoms with Gasteiger partial charge in [-0.3, -0.25) is 14.8 Å². The first-order chi connectivity index (χ1) is 35.6. The second-order valence-electron chi connectivity index (χ2n) is 17.7. The first-order valence-corrected chi connectivity index (χ1v) is 24.2. The molecule has 4 N–H and O–H groups in total. The van der Waals surface area contributed by atoms with E-state index in [4.69, 9.17) is 15.1 Å². The van der Waals surface area contributed by atoms with Crippen molar-refractivity contribution < 1.29 is 40.3 Å². The summed E-state index contributed by atoms with van der Waals surface area (Å²) in [6.45, 7) is 5.68. The number of nitrogens with zero attached hydrogens (tertiary/aromatic N) is 8. The van der Waals surface area contributed by atoms with Crippen LogP contribution in [-0.2, 0) is 18.8 Å². The number of urea groups is 2. The van der Waals surface area contributed by atoms with Crippen LogP contribution in [0.4, 0.5) is 70.3 Å². The standard InChI is InChI=1S/C31H33F3N6O2.C23H22F3N5O/c1-2-39-15-3-4-16-40(29-27(39)13-12-26(38-29)22-7-5-9-23(17-22)31(32,33)34)30(41)37-24-11-10-21(8-6-14-35)25(18-24)28-19-36-20-42-28;1-30-13-2-3-14-31(22(32)28-18-9-11-27-12-10-18)21-20(30)8-7-19(29-21)16-5-4-6-17(15-16)23(24,25)26/h5,7,9-13,17-20H,2-4,6,8,14-16,35H2,1H3,(H,37,41);4-12,15H,2-3,13-14H2,1H3,(H,27,28,32). The van der Waals surface area contributed by atoms with Gasteiger partial charge in [0, 0.05) is 80.2 Å². The third-order valence-electron chi connectivity index (χ3n) is 12.6. The van der Waals surface area contributed by atoms with E-state index in [1.54, 1.807) is 70.9 Å². The molecule has 0 saturated heterocycles. The number of hydrogen-bond acceptors (Lipinski definition) is 10. The molecule has 0 saturated carbocycles. The minimum absolute atomic E-state index is 0.322. The molecular weight excluding hydrogens is 965 g/mol. The van der Waals surface area contributed by atoms with Crippen LogP contribution in [0.5, 0.6) is 0 Å². The van der Waals surface area contributed by atoms with Crippen LogP contribution in [0.3, 0.4) is 0 Å². The monoisotopic (exact) mass is 1020 g/mol. The highest BCUT2D eigenvalue weighted by molar-refractivity contribution is 6.04. The number of halogens is 6. The molecule has 0 aliphatic carbocycles. The summed E-state index contributed by atoms with van der Waals surface area (Å²) in [4.78, 5) is 51.6. The maximum absolute atomic E-state index is 13.8. The molecule has 4 amide bonds. The molecule has 14 nitrogen and oxygen atoms in total. The Bertz CT molecular complexity index is 3030. The number of nitrogens with two attached hydrogens (primary N) is 1. The predicted molar refractivity (Wildman–Crippen MR) is 275 cm³/mol. The molecule has 386 valence electrons. The highest BCUT2D eigenvalue weighted by Crippen LogP contribution is 2.38. The van der Waals surface area contributed by atoms with Gasteiger partial charge in [-0.2, -0.15) is 26.3 Å². The molecule has 0 radical (unpaired) electrons. The number of carbonyl (C=O) groups excluding carboxylic acids is 2. The van der Waals surface area contributed by atoms with Gasteiger partial charge in [0.05, 0.1) is 40.1 Å². The van der Waals surface area contributed by atoms with Crippen LogP contribution in [0.25, 0.3) is 33.8 Å². The number of nitrogens with one attached hydrogen (secondary N) is 2. The molecule has 0 atom stereocenters. The van der Waals surface area contributed by atoms with Gasteiger partial charge in [0.2, 0.25) is 0 Å². The lowest BCUT2D eigenvalue weighted by Crippen LogP contribution is -2.40. The fourth-order valence-corrected chi connectivity index (χ4v) is 8.78. The van der Waals surface area contributed by atoms with E-state index in [-0.39, 0.29) is 12.1 Å². The van der Waals surface area contributed by atoms with Crippen molar-refractivity contribution in [3.05, 3.63) is 145 Å². The largest absolute Gasteiger partial charge is 0.444 e. The van der Waals surface area contributed by atoms with Crippen molar-refractivity contribution in [3.8, 4) is 33.8 Å². The van der Waals surface area contributed by atoms with Crippen LogP contribution in [0.1, 0.15) is 55.7 Å². The van der Waals surface area contributed by atoms with Gasteiger partial charge >= 0.3 is 24.4 Å². The molecule has 0 unspecified atom stereocenters. The van der Waals surface area contributed by atoms with E-state index in [1.165, 1.54) is 18.5 Å². The molecule has 2 aliphatic heterocycles. The third kappa shape index (κ3) is 12.6. The van der Waals surface area contributed by atoms with Gasteiger partial charge < -0.3 is 30.6 Å². The molecule has 3 aromatic carbocycles. The number of oxazole rings is 1. The number of anilines is 6. The number of carbonyl (C=O) groups is 2. The molecule has 20 heteroatoms. The molecule has 74 heavy (non-hydrogen) atoms. The topological polar surface area (TPSA) is 162 Å². The van der Waals surface area contributed by atoms with Gasteiger partial charge in [0.15, 0.2) is 23.8 Å². The van der Waals surface area contributed by atoms with Gasteiger partial charge in [-0.1, -0.05) is 30.3 Å². The Morgan fingerprint density at radius 2 is 1.23 bits per heavy atom. The van der Waals surface area contributed by atoms with Crippen LogP contribution in [0.15, 0.2) is 133 Å². The van der Waals surface area contributed by atoms with Gasteiger partial charge in [-0.15, -0.1) is 0 Å². The second kappa shape index (κ2) is 23.3. The number of fused-ring (bicyclic) bond motifs is 2. The fourth-order valence-electron chi connectivity index (χ4n) is 8.78. The zero-order valence-electron chi connectivity index (χ0n) is 40.8. The van der Waals surface area contributed by atoms with Crippen molar-refractivity contribution in [2.45, 2.75) is 57.8 Å². The van der Waals surface area contributed by atoms with Crippen molar-refractivity contribution in [1.82, 2.24) is 19.9 Å². The molecule has 0 bridgehead atoms. The Kier molecular flexibility index (Phi) is 16.4. The summed E-state index contributed by atoms with van der Waals surface area (Å²) in [6, 6.07) is 25.4. The van der Waals surface area contributed by atoms with E-state index in [2.05, 4.69) is 30.5 Å². The molecule has 6 heterocycles. The van der Waals surface area contributed by atoms with Crippen molar-refractivity contribution in [1.29, 1.82) is 0 Å². The minimum Gasteiger partial charge on any atom is -0.444 e. The number of alkyl halides is 6. The number of pyridine rings is 3. The molecule has 7 aromatic rings. The molecule has 4 aromatic heterocycles. The summed E-state index contributed by atoms with van der Waals surface area (Å²) in [5, 5.41) is 5.84. The number of aromatic nitrogens is 4. The summed E-state index contributed by atoms with van der Waals surface area (Å²) < 4.78 is 85.4. The first-order valence-electron chi connectivity index (χ1n) is 24.2. The molecule has 9 rings (SSSR count). The van der Waals surface area contributed by atoms with Crippen LogP contribution < -0.4 is 36.0 Å². The lowest BCUT2D eigenvalue weighted by molar-refractivity contribution is -0.138. The minimum atomic E-state index is -4.48. The molecule has 0 spiro atoms. The Morgan fingerprint density at radius 1 is 0.662 bits per heavy atom. The van der Waals surface area contributed by atoms with Gasteiger partial charge in [0.1, 0.15) is 0 Å². The Hall–Kier alpha value is -8.00. The number of benzene rings is 3. The van der Waals surface area contributed by atoms with E-state index in [9.17, 15) is 35.9 Å². The third-order valence-corrected chi connectivity index (χ3v) is 12.6. The van der Waals surface area contributed by atoms with Crippen LogP contribution >= 0.6 is 0 Å². The van der Waals surface area contributed by atoms with Crippen LogP contribution in [-0.4, -0.2) is 78.3 Å². The Labute approximate surface area is 424 Å². The van der Waals surface area contributed by atoms with Crippen molar-refractivity contribution in [3.63, 3.8) is 0 Å². The van der Waals surface area contributed by atoms with Crippen molar-refractivity contribution in [2.24, 2.45) is 5.73 Å². The van der Waals surface area contributed by atoms with Gasteiger partial charge in [-0.05, 0) is 130 Å². The van der Waals surface area contributed by atoms with Crippen molar-refractivity contribution in [2.75, 3.05) is 76.5 Å². The van der Waals surface area contributed by atoms with Gasteiger partial charge in [0.25, 0.3) is 0 Å². The maximum atomic E-state index is 13.8. The average Bonchev–Trinajstić information content (AvgIpc) is 3.93. The zero-order chi connectivity index (χ0) is 52.4. The molecule has 0 fully saturated rings. The smallest absolute Gasteiger partial charge is 0.416 e. The highest BCUT2D eigenvalue weighted by Gasteiger charge is 2.33. The first kappa shape index (κ1) is 52.3. The number of rotatable bonds is 9. The number of aryl methyl sites for hydroxylation is 1. The van der Waals surface area contributed by atoms with Crippen LogP contribution in [0, 0.1) is 0 Å². The quantitative estimate of drug-likeness (QED) is 0.119. The lowest BCUT2D eigenvalue weighted by atomic mass is 10.0. The summed E-state index contributed by atoms with van der Waals surface area (Å²) >= 11 is 0. The Balaban J connectivity index is 0.000000204. The normalized spacial score (nSPS) is 14.1. The van der Waals surface area contributed by atoms with Crippen molar-refractivity contribution >= 4 is 46.4 Å². The summed E-state index contributed by atoms with van der Waals surface area (Å²) in [5.41, 5.74) is 10.1. The molecule has 2 aliphatic rings. The highest BCUT2D eigenvalue weighted by atomic mass is 19.4. The average molecular weight is 1020 g/mol. The second-order valence-corrected chi connectivity index (χ2v) is 17.7. The number of hydrogen-bond donors (Lipinski definition) is 3. The zero-order valence-corrected chi connectivity index (χ0v) is 40.8. The van der Waals surface area contributed by atoms with Gasteiger partial charge in [-0.25, -0.2) is 24.5 Å². The summed E-state index contributed by atoms with van der Waals surface area (Å²) in [5.74, 6) is 1.40. The van der Waals surface area contributed by atoms with E-state index in [0.717, 1.165) is 98.4 Å². The lowest BCUT2D eigenvalue weighted by Gasteiger charge is -2.33. The predicted octanol–water partition coefficient (Wildman–Crippen LogP) is 12.4. The summed E-state index contributed by atoms with van der Waals surface area (Å²) in [7, 11) is 1.91. The SMILES string of the molecule is CCN1CCCCN(C(=O)Nc2ccc(CCCN)c(-c3cnco3)c2)c2nc(-c3cccc(C(F)(F)F)c3)ccc21.CN1CCCCN(C(=O)Nc2ccncc2)c2nc(-c3cccc(C(F)(F)F)c3)ccc21. The molecular formula is C54H55F6N11O3.